The second-order valence-electron chi connectivity index (χ2n) is 8.54. The third kappa shape index (κ3) is 6.54. The minimum atomic E-state index is -4.84. The molecule has 1 saturated carbocycles. The number of hydrogen-bond donors (Lipinski definition) is 0. The van der Waals surface area contributed by atoms with Gasteiger partial charge in [0.05, 0.1) is 5.56 Å². The molecule has 6 heteroatoms. The molecule has 3 rings (SSSR count). The van der Waals surface area contributed by atoms with Gasteiger partial charge >= 0.3 is 6.18 Å². The van der Waals surface area contributed by atoms with Crippen LogP contribution in [0.4, 0.5) is 26.3 Å². The number of alkyl halides is 3. The van der Waals surface area contributed by atoms with Crippen LogP contribution in [0.3, 0.4) is 0 Å². The standard InChI is InChI=1S/C26H26F6/c1-2-3-17-4-7-19(8-5-17)21-11-10-20(23(27)16-21)9-6-18-14-24(28)22(25(29)15-18)12-13-26(30,31)32/h10-11,14-17,19H,2-9H2,1H3. The first kappa shape index (κ1) is 24.2. The van der Waals surface area contributed by atoms with Crippen molar-refractivity contribution < 1.29 is 26.3 Å². The average Bonchev–Trinajstić information content (AvgIpc) is 2.72. The Morgan fingerprint density at radius 1 is 0.875 bits per heavy atom. The van der Waals surface area contributed by atoms with E-state index in [0.29, 0.717) is 11.5 Å². The molecular weight excluding hydrogens is 426 g/mol. The predicted molar refractivity (Wildman–Crippen MR) is 113 cm³/mol. The van der Waals surface area contributed by atoms with Gasteiger partial charge in [-0.15, -0.1) is 0 Å². The summed E-state index contributed by atoms with van der Waals surface area (Å²) in [6, 6.07) is 7.12. The Hall–Kier alpha value is -2.42. The van der Waals surface area contributed by atoms with Crippen molar-refractivity contribution in [2.24, 2.45) is 5.92 Å². The molecule has 0 aromatic heterocycles. The molecule has 0 bridgehead atoms. The third-order valence-corrected chi connectivity index (χ3v) is 6.21. The molecule has 0 atom stereocenters. The van der Waals surface area contributed by atoms with E-state index < -0.39 is 23.4 Å². The molecule has 0 unspecified atom stereocenters. The topological polar surface area (TPSA) is 0 Å². The number of aryl methyl sites for hydroxylation is 2. The highest BCUT2D eigenvalue weighted by atomic mass is 19.4. The summed E-state index contributed by atoms with van der Waals surface area (Å²) in [7, 11) is 0. The van der Waals surface area contributed by atoms with Gasteiger partial charge in [0.1, 0.15) is 17.5 Å². The smallest absolute Gasteiger partial charge is 0.207 e. The molecular formula is C26H26F6. The summed E-state index contributed by atoms with van der Waals surface area (Å²) >= 11 is 0. The molecule has 0 amide bonds. The Morgan fingerprint density at radius 2 is 1.53 bits per heavy atom. The maximum absolute atomic E-state index is 14.7. The highest BCUT2D eigenvalue weighted by molar-refractivity contribution is 5.40. The zero-order valence-corrected chi connectivity index (χ0v) is 18.0. The lowest BCUT2D eigenvalue weighted by Gasteiger charge is -2.28. The average molecular weight is 452 g/mol. The fraction of sp³-hybridized carbons (Fsp3) is 0.462. The quantitative estimate of drug-likeness (QED) is 0.309. The van der Waals surface area contributed by atoms with E-state index in [0.717, 1.165) is 42.4 Å². The molecule has 1 fully saturated rings. The van der Waals surface area contributed by atoms with E-state index >= 15 is 0 Å². The van der Waals surface area contributed by atoms with Crippen molar-refractivity contribution in [2.45, 2.75) is 70.4 Å². The van der Waals surface area contributed by atoms with E-state index in [9.17, 15) is 26.3 Å². The summed E-state index contributed by atoms with van der Waals surface area (Å²) in [5.41, 5.74) is 0.742. The number of hydrogen-bond acceptors (Lipinski definition) is 0. The molecule has 0 spiro atoms. The van der Waals surface area contributed by atoms with E-state index in [2.05, 4.69) is 6.92 Å². The van der Waals surface area contributed by atoms with Crippen LogP contribution < -0.4 is 0 Å². The Balaban J connectivity index is 1.64. The lowest BCUT2D eigenvalue weighted by atomic mass is 9.77. The minimum absolute atomic E-state index is 0.152. The molecule has 2 aromatic rings. The molecule has 1 aliphatic carbocycles. The first-order valence-corrected chi connectivity index (χ1v) is 11.0. The van der Waals surface area contributed by atoms with E-state index in [1.807, 2.05) is 6.07 Å². The molecule has 0 heterocycles. The van der Waals surface area contributed by atoms with E-state index in [1.54, 1.807) is 12.1 Å². The van der Waals surface area contributed by atoms with Gasteiger partial charge < -0.3 is 0 Å². The van der Waals surface area contributed by atoms with Crippen LogP contribution >= 0.6 is 0 Å². The van der Waals surface area contributed by atoms with Crippen LogP contribution in [0.5, 0.6) is 0 Å². The fourth-order valence-electron chi connectivity index (χ4n) is 4.51. The van der Waals surface area contributed by atoms with Gasteiger partial charge in [-0.1, -0.05) is 37.8 Å². The highest BCUT2D eigenvalue weighted by Gasteiger charge is 2.24. The molecule has 0 N–H and O–H groups in total. The Kier molecular flexibility index (Phi) is 7.92. The highest BCUT2D eigenvalue weighted by Crippen LogP contribution is 2.38. The summed E-state index contributed by atoms with van der Waals surface area (Å²) in [4.78, 5) is 0. The van der Waals surface area contributed by atoms with Crippen molar-refractivity contribution in [1.82, 2.24) is 0 Å². The zero-order chi connectivity index (χ0) is 23.3. The van der Waals surface area contributed by atoms with Gasteiger partial charge in [-0.25, -0.2) is 13.2 Å². The normalized spacial score (nSPS) is 18.8. The van der Waals surface area contributed by atoms with Crippen LogP contribution in [-0.4, -0.2) is 6.18 Å². The Labute approximate surface area is 185 Å². The third-order valence-electron chi connectivity index (χ3n) is 6.21. The predicted octanol–water partition coefficient (Wildman–Crippen LogP) is 7.88. The minimum Gasteiger partial charge on any atom is -0.207 e. The molecule has 0 radical (unpaired) electrons. The van der Waals surface area contributed by atoms with Crippen LogP contribution in [0.2, 0.25) is 0 Å². The van der Waals surface area contributed by atoms with Crippen molar-refractivity contribution in [3.8, 4) is 11.8 Å². The SMILES string of the molecule is CCCC1CCC(c2ccc(CCc3cc(F)c(C#CC(F)(F)F)c(F)c3)c(F)c2)CC1. The van der Waals surface area contributed by atoms with Gasteiger partial charge in [0, 0.05) is 5.92 Å². The van der Waals surface area contributed by atoms with Crippen LogP contribution in [-0.2, 0) is 12.8 Å². The summed E-state index contributed by atoms with van der Waals surface area (Å²) in [6.45, 7) is 2.19. The van der Waals surface area contributed by atoms with Gasteiger partial charge in [0.2, 0.25) is 0 Å². The molecule has 172 valence electrons. The molecule has 0 nitrogen and oxygen atoms in total. The van der Waals surface area contributed by atoms with Crippen molar-refractivity contribution in [3.63, 3.8) is 0 Å². The largest absolute Gasteiger partial charge is 0.458 e. The summed E-state index contributed by atoms with van der Waals surface area (Å²) in [5, 5.41) is 0. The summed E-state index contributed by atoms with van der Waals surface area (Å²) < 4.78 is 79.3. The zero-order valence-electron chi connectivity index (χ0n) is 18.0. The van der Waals surface area contributed by atoms with E-state index in [4.69, 9.17) is 0 Å². The van der Waals surface area contributed by atoms with E-state index in [-0.39, 0.29) is 24.2 Å². The Bertz CT molecular complexity index is 965. The van der Waals surface area contributed by atoms with Gasteiger partial charge in [-0.2, -0.15) is 13.2 Å². The van der Waals surface area contributed by atoms with Crippen molar-refractivity contribution in [1.29, 1.82) is 0 Å². The van der Waals surface area contributed by atoms with Crippen LogP contribution in [0.1, 0.15) is 73.6 Å². The van der Waals surface area contributed by atoms with Gasteiger partial charge in [0.25, 0.3) is 0 Å². The van der Waals surface area contributed by atoms with Crippen molar-refractivity contribution in [3.05, 3.63) is 70.0 Å². The maximum atomic E-state index is 14.7. The second-order valence-corrected chi connectivity index (χ2v) is 8.54. The summed E-state index contributed by atoms with van der Waals surface area (Å²) in [6.07, 6.45) is 2.44. The van der Waals surface area contributed by atoms with Gasteiger partial charge in [-0.3, -0.25) is 0 Å². The number of benzene rings is 2. The molecule has 0 saturated heterocycles. The second kappa shape index (κ2) is 10.5. The number of rotatable bonds is 6. The molecule has 1 aliphatic rings. The molecule has 0 aliphatic heterocycles. The first-order chi connectivity index (χ1) is 15.2. The van der Waals surface area contributed by atoms with E-state index in [1.165, 1.54) is 31.6 Å². The first-order valence-electron chi connectivity index (χ1n) is 11.0. The van der Waals surface area contributed by atoms with Crippen molar-refractivity contribution >= 4 is 0 Å². The van der Waals surface area contributed by atoms with Crippen LogP contribution in [0.15, 0.2) is 30.3 Å². The monoisotopic (exact) mass is 452 g/mol. The lowest BCUT2D eigenvalue weighted by molar-refractivity contribution is -0.0696. The van der Waals surface area contributed by atoms with Crippen LogP contribution in [0, 0.1) is 35.2 Å². The summed E-state index contributed by atoms with van der Waals surface area (Å²) in [5.74, 6) is 0.828. The van der Waals surface area contributed by atoms with Crippen LogP contribution in [0.25, 0.3) is 0 Å². The maximum Gasteiger partial charge on any atom is 0.458 e. The van der Waals surface area contributed by atoms with Gasteiger partial charge in [0.15, 0.2) is 0 Å². The number of halogens is 6. The Morgan fingerprint density at radius 3 is 2.09 bits per heavy atom. The van der Waals surface area contributed by atoms with Crippen molar-refractivity contribution in [2.75, 3.05) is 0 Å². The fourth-order valence-corrected chi connectivity index (χ4v) is 4.51. The van der Waals surface area contributed by atoms with Gasteiger partial charge in [-0.05, 0) is 85.3 Å². The lowest BCUT2D eigenvalue weighted by Crippen LogP contribution is -2.13. The molecule has 2 aromatic carbocycles. The molecule has 32 heavy (non-hydrogen) atoms.